The average molecular weight is 431 g/mol. The minimum atomic E-state index is -0.755. The number of halogens is 1. The molecule has 31 heavy (non-hydrogen) atoms. The Labute approximate surface area is 182 Å². The van der Waals surface area contributed by atoms with E-state index < -0.39 is 5.54 Å². The number of hydrogen-bond acceptors (Lipinski definition) is 4. The van der Waals surface area contributed by atoms with Crippen LogP contribution < -0.4 is 4.90 Å². The summed E-state index contributed by atoms with van der Waals surface area (Å²) in [5.74, 6) is -0.675. The second-order valence-electron chi connectivity index (χ2n) is 9.02. The lowest BCUT2D eigenvalue weighted by molar-refractivity contribution is -0.141. The predicted molar refractivity (Wildman–Crippen MR) is 115 cm³/mol. The van der Waals surface area contributed by atoms with E-state index in [0.29, 0.717) is 12.8 Å². The second kappa shape index (κ2) is 8.48. The highest BCUT2D eigenvalue weighted by atomic mass is 19.1. The van der Waals surface area contributed by atoms with Gasteiger partial charge in [0.2, 0.25) is 5.91 Å². The van der Waals surface area contributed by atoms with Gasteiger partial charge in [0.05, 0.1) is 0 Å². The third kappa shape index (κ3) is 3.88. The first-order chi connectivity index (χ1) is 14.8. The van der Waals surface area contributed by atoms with Crippen molar-refractivity contribution >= 4 is 23.5 Å². The molecule has 0 atom stereocenters. The van der Waals surface area contributed by atoms with Crippen molar-refractivity contribution in [1.29, 1.82) is 0 Å². The zero-order chi connectivity index (χ0) is 22.2. The van der Waals surface area contributed by atoms with Crippen LogP contribution in [-0.2, 0) is 9.59 Å². The Balaban J connectivity index is 1.35. The number of carbonyl (C=O) groups excluding carboxylic acids is 3. The summed E-state index contributed by atoms with van der Waals surface area (Å²) in [5.41, 5.74) is 0.220. The minimum Gasteiger partial charge on any atom is -0.371 e. The monoisotopic (exact) mass is 430 g/mol. The predicted octanol–water partition coefficient (Wildman–Crippen LogP) is 2.85. The molecule has 2 heterocycles. The first-order valence-electron chi connectivity index (χ1n) is 11.2. The number of benzene rings is 1. The van der Waals surface area contributed by atoms with Crippen molar-refractivity contribution < 1.29 is 18.8 Å². The number of likely N-dealkylation sites (N-methyl/N-ethyl adjacent to an activating group) is 2. The summed E-state index contributed by atoms with van der Waals surface area (Å²) in [4.78, 5) is 45.4. The molecule has 1 aromatic carbocycles. The average Bonchev–Trinajstić information content (AvgIpc) is 2.96. The molecule has 1 saturated carbocycles. The molecule has 2 saturated heterocycles. The van der Waals surface area contributed by atoms with E-state index in [2.05, 4.69) is 4.90 Å². The third-order valence-corrected chi connectivity index (χ3v) is 7.37. The van der Waals surface area contributed by atoms with E-state index >= 15 is 0 Å². The van der Waals surface area contributed by atoms with E-state index in [1.807, 2.05) is 0 Å². The molecular formula is C23H31FN4O3. The Morgan fingerprint density at radius 3 is 2.32 bits per heavy atom. The molecule has 3 aliphatic rings. The molecule has 3 fully saturated rings. The number of imide groups is 1. The molecule has 168 valence electrons. The Bertz CT molecular complexity index is 845. The van der Waals surface area contributed by atoms with Crippen molar-refractivity contribution in [3.05, 3.63) is 30.1 Å². The first kappa shape index (κ1) is 21.6. The second-order valence-corrected chi connectivity index (χ2v) is 9.02. The lowest BCUT2D eigenvalue weighted by Gasteiger charge is -2.38. The maximum Gasteiger partial charge on any atom is 0.327 e. The van der Waals surface area contributed by atoms with E-state index in [9.17, 15) is 18.8 Å². The minimum absolute atomic E-state index is 0.0541. The van der Waals surface area contributed by atoms with Gasteiger partial charge in [-0.25, -0.2) is 9.18 Å². The van der Waals surface area contributed by atoms with Gasteiger partial charge in [0, 0.05) is 38.9 Å². The van der Waals surface area contributed by atoms with Crippen molar-refractivity contribution in [2.45, 2.75) is 56.5 Å². The SMILES string of the molecule is CN(C(=O)CN1C(=O)N(C)C2(CCCCC2)C1=O)C1CCN(c2ccc(F)cc2)CC1. The fraction of sp³-hybridized carbons (Fsp3) is 0.609. The Morgan fingerprint density at radius 1 is 1.10 bits per heavy atom. The Hall–Kier alpha value is -2.64. The molecular weight excluding hydrogens is 399 g/mol. The van der Waals surface area contributed by atoms with Crippen LogP contribution >= 0.6 is 0 Å². The summed E-state index contributed by atoms with van der Waals surface area (Å²) in [6.07, 6.45) is 5.86. The summed E-state index contributed by atoms with van der Waals surface area (Å²) in [6.45, 7) is 1.33. The number of rotatable bonds is 4. The molecule has 1 aliphatic carbocycles. The summed E-state index contributed by atoms with van der Waals surface area (Å²) >= 11 is 0. The molecule has 0 N–H and O–H groups in total. The van der Waals surface area contributed by atoms with Crippen molar-refractivity contribution in [2.24, 2.45) is 0 Å². The summed E-state index contributed by atoms with van der Waals surface area (Å²) < 4.78 is 13.2. The number of urea groups is 1. The van der Waals surface area contributed by atoms with Gasteiger partial charge in [-0.1, -0.05) is 19.3 Å². The topological polar surface area (TPSA) is 64.2 Å². The van der Waals surface area contributed by atoms with E-state index in [4.69, 9.17) is 0 Å². The normalized spacial score (nSPS) is 21.8. The standard InChI is InChI=1S/C23H31FN4O3/c1-25(18-10-14-27(15-11-18)19-8-6-17(24)7-9-19)20(29)16-28-21(30)23(26(2)22(28)31)12-4-3-5-13-23/h6-9,18H,3-5,10-16H2,1-2H3. The summed E-state index contributed by atoms with van der Waals surface area (Å²) in [6, 6.07) is 6.15. The number of anilines is 1. The van der Waals surface area contributed by atoms with Crippen molar-refractivity contribution in [3.8, 4) is 0 Å². The highest BCUT2D eigenvalue weighted by Crippen LogP contribution is 2.39. The van der Waals surface area contributed by atoms with E-state index in [-0.39, 0.29) is 36.2 Å². The number of piperidine rings is 1. The molecule has 0 bridgehead atoms. The summed E-state index contributed by atoms with van der Waals surface area (Å²) in [5, 5.41) is 0. The largest absolute Gasteiger partial charge is 0.371 e. The van der Waals surface area contributed by atoms with Crippen molar-refractivity contribution in [2.75, 3.05) is 38.6 Å². The summed E-state index contributed by atoms with van der Waals surface area (Å²) in [7, 11) is 3.44. The molecule has 4 amide bonds. The highest BCUT2D eigenvalue weighted by molar-refractivity contribution is 6.08. The van der Waals surface area contributed by atoms with Crippen LogP contribution in [0, 0.1) is 5.82 Å². The van der Waals surface area contributed by atoms with Crippen LogP contribution in [0.3, 0.4) is 0 Å². The van der Waals surface area contributed by atoms with Crippen molar-refractivity contribution in [3.63, 3.8) is 0 Å². The number of nitrogens with zero attached hydrogens (tertiary/aromatic N) is 4. The molecule has 1 aromatic rings. The Kier molecular flexibility index (Phi) is 5.90. The quantitative estimate of drug-likeness (QED) is 0.689. The molecule has 0 aromatic heterocycles. The van der Waals surface area contributed by atoms with Gasteiger partial charge in [-0.05, 0) is 49.9 Å². The van der Waals surface area contributed by atoms with Gasteiger partial charge in [-0.2, -0.15) is 0 Å². The number of hydrogen-bond donors (Lipinski definition) is 0. The van der Waals surface area contributed by atoms with Crippen LogP contribution in [0.5, 0.6) is 0 Å². The Morgan fingerprint density at radius 2 is 1.71 bits per heavy atom. The molecule has 4 rings (SSSR count). The van der Waals surface area contributed by atoms with Gasteiger partial charge < -0.3 is 14.7 Å². The maximum absolute atomic E-state index is 13.2. The molecule has 7 nitrogen and oxygen atoms in total. The fourth-order valence-corrected chi connectivity index (χ4v) is 5.28. The van der Waals surface area contributed by atoms with Crippen LogP contribution in [0.1, 0.15) is 44.9 Å². The fourth-order valence-electron chi connectivity index (χ4n) is 5.28. The third-order valence-electron chi connectivity index (χ3n) is 7.37. The smallest absolute Gasteiger partial charge is 0.327 e. The van der Waals surface area contributed by atoms with Crippen LogP contribution in [0.25, 0.3) is 0 Å². The van der Waals surface area contributed by atoms with Gasteiger partial charge in [0.1, 0.15) is 17.9 Å². The number of carbonyl (C=O) groups is 3. The molecule has 8 heteroatoms. The maximum atomic E-state index is 13.2. The van der Waals surface area contributed by atoms with Gasteiger partial charge in [0.25, 0.3) is 5.91 Å². The van der Waals surface area contributed by atoms with Crippen LogP contribution in [0.15, 0.2) is 24.3 Å². The van der Waals surface area contributed by atoms with Gasteiger partial charge in [-0.15, -0.1) is 0 Å². The number of amides is 4. The lowest BCUT2D eigenvalue weighted by Crippen LogP contribution is -2.51. The van der Waals surface area contributed by atoms with Crippen LogP contribution in [0.2, 0.25) is 0 Å². The van der Waals surface area contributed by atoms with E-state index in [1.54, 1.807) is 36.0 Å². The van der Waals surface area contributed by atoms with E-state index in [1.165, 1.54) is 12.1 Å². The van der Waals surface area contributed by atoms with Crippen LogP contribution in [-0.4, -0.2) is 77.9 Å². The zero-order valence-electron chi connectivity index (χ0n) is 18.3. The molecule has 1 spiro atoms. The van der Waals surface area contributed by atoms with Crippen LogP contribution in [0.4, 0.5) is 14.9 Å². The van der Waals surface area contributed by atoms with Gasteiger partial charge in [0.15, 0.2) is 0 Å². The molecule has 2 aliphatic heterocycles. The highest BCUT2D eigenvalue weighted by Gasteiger charge is 2.56. The molecule has 0 radical (unpaired) electrons. The first-order valence-corrected chi connectivity index (χ1v) is 11.2. The lowest BCUT2D eigenvalue weighted by atomic mass is 9.81. The van der Waals surface area contributed by atoms with Gasteiger partial charge in [-0.3, -0.25) is 14.5 Å². The van der Waals surface area contributed by atoms with E-state index in [0.717, 1.165) is 55.8 Å². The molecule has 0 unspecified atom stereocenters. The van der Waals surface area contributed by atoms with Gasteiger partial charge >= 0.3 is 6.03 Å². The zero-order valence-corrected chi connectivity index (χ0v) is 18.3. The van der Waals surface area contributed by atoms with Crippen molar-refractivity contribution in [1.82, 2.24) is 14.7 Å².